The van der Waals surface area contributed by atoms with Gasteiger partial charge in [0.05, 0.1) is 19.6 Å². The minimum atomic E-state index is -1.07. The maximum atomic E-state index is 13.0. The summed E-state index contributed by atoms with van der Waals surface area (Å²) in [6.07, 6.45) is 2.69. The molecular formula is C17H20FN5O4. The van der Waals surface area contributed by atoms with Gasteiger partial charge in [-0.2, -0.15) is 5.10 Å². The highest BCUT2D eigenvalue weighted by Crippen LogP contribution is 2.24. The zero-order chi connectivity index (χ0) is 19.3. The molecule has 2 heterocycles. The number of rotatable bonds is 7. The summed E-state index contributed by atoms with van der Waals surface area (Å²) in [5.41, 5.74) is 4.31. The van der Waals surface area contributed by atoms with Gasteiger partial charge in [-0.1, -0.05) is 0 Å². The first-order chi connectivity index (χ1) is 13.0. The number of carbonyl (C=O) groups excluding carboxylic acids is 2. The largest absolute Gasteiger partial charge is 0.490 e. The molecule has 0 radical (unpaired) electrons. The fourth-order valence-electron chi connectivity index (χ4n) is 2.92. The quantitative estimate of drug-likeness (QED) is 0.725. The Morgan fingerprint density at radius 3 is 2.78 bits per heavy atom. The highest BCUT2D eigenvalue weighted by Gasteiger charge is 2.41. The maximum Gasteiger partial charge on any atom is 0.244 e. The first-order valence-corrected chi connectivity index (χ1v) is 8.37. The number of halogens is 1. The lowest BCUT2D eigenvalue weighted by Gasteiger charge is -2.41. The molecule has 9 nitrogen and oxygen atoms in total. The van der Waals surface area contributed by atoms with Crippen LogP contribution in [0.2, 0.25) is 0 Å². The molecule has 10 heteroatoms. The van der Waals surface area contributed by atoms with E-state index in [1.807, 2.05) is 0 Å². The third kappa shape index (κ3) is 5.00. The van der Waals surface area contributed by atoms with E-state index in [4.69, 9.17) is 15.2 Å². The number of nitrogens with two attached hydrogens (primary N) is 1. The molecule has 0 spiro atoms. The smallest absolute Gasteiger partial charge is 0.244 e. The predicted octanol–water partition coefficient (Wildman–Crippen LogP) is -0.0308. The number of aromatic nitrogens is 3. The minimum Gasteiger partial charge on any atom is -0.490 e. The van der Waals surface area contributed by atoms with Crippen LogP contribution in [0, 0.1) is 5.82 Å². The fraction of sp³-hybridized carbons (Fsp3) is 0.412. The number of carbonyl (C=O) groups is 2. The Morgan fingerprint density at radius 1 is 1.33 bits per heavy atom. The lowest BCUT2D eigenvalue weighted by Crippen LogP contribution is -2.58. The number of nitrogens with zero attached hydrogens (tertiary/aromatic N) is 4. The Balaban J connectivity index is 1.69. The maximum absolute atomic E-state index is 13.0. The van der Waals surface area contributed by atoms with Crippen LogP contribution in [0.4, 0.5) is 4.39 Å². The summed E-state index contributed by atoms with van der Waals surface area (Å²) >= 11 is 0. The van der Waals surface area contributed by atoms with Gasteiger partial charge >= 0.3 is 0 Å². The van der Waals surface area contributed by atoms with Crippen molar-refractivity contribution in [2.75, 3.05) is 26.3 Å². The van der Waals surface area contributed by atoms with Crippen molar-refractivity contribution < 1.29 is 23.5 Å². The van der Waals surface area contributed by atoms with Crippen LogP contribution in [-0.4, -0.2) is 63.4 Å². The van der Waals surface area contributed by atoms with Gasteiger partial charge in [0.2, 0.25) is 11.8 Å². The lowest BCUT2D eigenvalue weighted by atomic mass is 9.97. The van der Waals surface area contributed by atoms with Crippen LogP contribution in [0.1, 0.15) is 6.42 Å². The van der Waals surface area contributed by atoms with Crippen molar-refractivity contribution in [2.45, 2.75) is 18.6 Å². The van der Waals surface area contributed by atoms with Crippen LogP contribution in [0.25, 0.3) is 0 Å². The van der Waals surface area contributed by atoms with Gasteiger partial charge in [0, 0.05) is 6.54 Å². The van der Waals surface area contributed by atoms with Crippen LogP contribution < -0.4 is 10.5 Å². The van der Waals surface area contributed by atoms with E-state index >= 15 is 0 Å². The molecule has 0 unspecified atom stereocenters. The van der Waals surface area contributed by atoms with E-state index in [2.05, 4.69) is 10.1 Å². The predicted molar refractivity (Wildman–Crippen MR) is 91.0 cm³/mol. The van der Waals surface area contributed by atoms with Crippen molar-refractivity contribution in [3.8, 4) is 5.75 Å². The Morgan fingerprint density at radius 2 is 2.11 bits per heavy atom. The van der Waals surface area contributed by atoms with Gasteiger partial charge in [0.25, 0.3) is 0 Å². The zero-order valence-corrected chi connectivity index (χ0v) is 14.6. The molecule has 0 bridgehead atoms. The molecule has 2 aromatic rings. The molecule has 0 saturated carbocycles. The summed E-state index contributed by atoms with van der Waals surface area (Å²) in [5, 5.41) is 3.92. The third-order valence-electron chi connectivity index (χ3n) is 4.18. The topological polar surface area (TPSA) is 113 Å². The Bertz CT molecular complexity index is 783. The van der Waals surface area contributed by atoms with E-state index in [1.165, 1.54) is 41.6 Å². The summed E-state index contributed by atoms with van der Waals surface area (Å²) in [7, 11) is 0. The molecule has 1 atom stereocenters. The Kier molecular flexibility index (Phi) is 5.65. The first kappa shape index (κ1) is 18.8. The summed E-state index contributed by atoms with van der Waals surface area (Å²) in [6.45, 7) is 0.790. The normalized spacial score (nSPS) is 19.7. The van der Waals surface area contributed by atoms with Crippen LogP contribution in [-0.2, 0) is 20.9 Å². The Hall–Kier alpha value is -3.01. The monoisotopic (exact) mass is 377 g/mol. The summed E-state index contributed by atoms with van der Waals surface area (Å²) < 4.78 is 25.9. The standard InChI is InChI=1S/C17H20FN5O4/c18-13-1-3-14(4-2-13)26-10-17(7-15(19)24)9-22(5-6-27-17)16(25)8-23-12-20-11-21-23/h1-4,11-12H,5-10H2,(H2,19,24)/t17-/m1/s1. The van der Waals surface area contributed by atoms with E-state index in [9.17, 15) is 14.0 Å². The van der Waals surface area contributed by atoms with Gasteiger partial charge in [0.15, 0.2) is 0 Å². The van der Waals surface area contributed by atoms with Crippen molar-refractivity contribution in [1.29, 1.82) is 0 Å². The average Bonchev–Trinajstić information content (AvgIpc) is 3.14. The van der Waals surface area contributed by atoms with E-state index in [0.29, 0.717) is 12.3 Å². The highest BCUT2D eigenvalue weighted by atomic mass is 19.1. The summed E-state index contributed by atoms with van der Waals surface area (Å²) in [4.78, 5) is 29.5. The molecule has 0 aliphatic carbocycles. The molecule has 2 amide bonds. The second-order valence-corrected chi connectivity index (χ2v) is 6.33. The summed E-state index contributed by atoms with van der Waals surface area (Å²) in [5.74, 6) is -0.703. The molecule has 144 valence electrons. The van der Waals surface area contributed by atoms with E-state index < -0.39 is 11.5 Å². The van der Waals surface area contributed by atoms with Crippen molar-refractivity contribution in [2.24, 2.45) is 5.73 Å². The van der Waals surface area contributed by atoms with E-state index in [0.717, 1.165) is 0 Å². The molecule has 2 N–H and O–H groups in total. The van der Waals surface area contributed by atoms with Crippen molar-refractivity contribution in [1.82, 2.24) is 19.7 Å². The van der Waals surface area contributed by atoms with Gasteiger partial charge in [-0.3, -0.25) is 9.59 Å². The van der Waals surface area contributed by atoms with Gasteiger partial charge in [-0.05, 0) is 24.3 Å². The van der Waals surface area contributed by atoms with Crippen molar-refractivity contribution in [3.63, 3.8) is 0 Å². The zero-order valence-electron chi connectivity index (χ0n) is 14.6. The number of morpholine rings is 1. The van der Waals surface area contributed by atoms with Gasteiger partial charge in [-0.25, -0.2) is 14.1 Å². The molecule has 1 saturated heterocycles. The molecule has 3 rings (SSSR count). The van der Waals surface area contributed by atoms with Crippen LogP contribution in [0.5, 0.6) is 5.75 Å². The van der Waals surface area contributed by atoms with Gasteiger partial charge in [0.1, 0.15) is 43.0 Å². The van der Waals surface area contributed by atoms with Gasteiger partial charge < -0.3 is 20.1 Å². The number of benzene rings is 1. The molecule has 1 fully saturated rings. The second kappa shape index (κ2) is 8.12. The first-order valence-electron chi connectivity index (χ1n) is 8.37. The number of amides is 2. The number of hydrogen-bond acceptors (Lipinski definition) is 6. The SMILES string of the molecule is NC(=O)C[C@]1(COc2ccc(F)cc2)CN(C(=O)Cn2cncn2)CCO1. The molecular weight excluding hydrogens is 357 g/mol. The fourth-order valence-corrected chi connectivity index (χ4v) is 2.92. The summed E-state index contributed by atoms with van der Waals surface area (Å²) in [6, 6.07) is 5.49. The van der Waals surface area contributed by atoms with E-state index in [-0.39, 0.29) is 44.4 Å². The van der Waals surface area contributed by atoms with Crippen LogP contribution in [0.3, 0.4) is 0 Å². The van der Waals surface area contributed by atoms with Crippen molar-refractivity contribution >= 4 is 11.8 Å². The van der Waals surface area contributed by atoms with Gasteiger partial charge in [-0.15, -0.1) is 0 Å². The Labute approximate surface area is 154 Å². The lowest BCUT2D eigenvalue weighted by molar-refractivity contribution is -0.162. The number of ether oxygens (including phenoxy) is 2. The third-order valence-corrected chi connectivity index (χ3v) is 4.18. The minimum absolute atomic E-state index is 0.00528. The molecule has 27 heavy (non-hydrogen) atoms. The van der Waals surface area contributed by atoms with Crippen LogP contribution in [0.15, 0.2) is 36.9 Å². The second-order valence-electron chi connectivity index (χ2n) is 6.33. The number of primary amides is 1. The molecule has 1 aliphatic rings. The van der Waals surface area contributed by atoms with Crippen molar-refractivity contribution in [3.05, 3.63) is 42.7 Å². The highest BCUT2D eigenvalue weighted by molar-refractivity contribution is 5.77. The average molecular weight is 377 g/mol. The molecule has 1 aromatic carbocycles. The molecule has 1 aromatic heterocycles. The number of hydrogen-bond donors (Lipinski definition) is 1. The molecule has 1 aliphatic heterocycles. The van der Waals surface area contributed by atoms with Crippen LogP contribution >= 0.6 is 0 Å². The van der Waals surface area contributed by atoms with E-state index in [1.54, 1.807) is 4.90 Å².